The van der Waals surface area contributed by atoms with Gasteiger partial charge in [-0.05, 0) is 56.0 Å². The first kappa shape index (κ1) is 18.9. The summed E-state index contributed by atoms with van der Waals surface area (Å²) in [6.45, 7) is 3.47. The first-order valence-electron chi connectivity index (χ1n) is 7.75. The molecule has 1 N–H and O–H groups in total. The number of hydrogen-bond donors (Lipinski definition) is 1. The SMILES string of the molecule is COc1cc(SC)ccc1C(=O)O[C@@H](C)C(=O)Nc1cccc(C)c1. The molecule has 2 aromatic rings. The van der Waals surface area contributed by atoms with Crippen molar-refractivity contribution in [3.05, 3.63) is 53.6 Å². The minimum absolute atomic E-state index is 0.288. The average Bonchev–Trinajstić information content (AvgIpc) is 2.60. The van der Waals surface area contributed by atoms with E-state index in [1.165, 1.54) is 14.0 Å². The zero-order valence-corrected chi connectivity index (χ0v) is 15.5. The molecule has 1 amide bonds. The molecule has 0 bridgehead atoms. The maximum atomic E-state index is 12.4. The Kier molecular flexibility index (Phi) is 6.47. The van der Waals surface area contributed by atoms with E-state index in [2.05, 4.69) is 5.32 Å². The van der Waals surface area contributed by atoms with Crippen molar-refractivity contribution in [1.29, 1.82) is 0 Å². The van der Waals surface area contributed by atoms with E-state index in [-0.39, 0.29) is 5.56 Å². The number of thioether (sulfide) groups is 1. The molecule has 0 aromatic heterocycles. The van der Waals surface area contributed by atoms with Crippen molar-refractivity contribution in [3.8, 4) is 5.75 Å². The van der Waals surface area contributed by atoms with Gasteiger partial charge in [-0.2, -0.15) is 0 Å². The van der Waals surface area contributed by atoms with Crippen molar-refractivity contribution in [2.45, 2.75) is 24.8 Å². The third-order valence-corrected chi connectivity index (χ3v) is 4.29. The van der Waals surface area contributed by atoms with E-state index in [0.717, 1.165) is 10.5 Å². The molecule has 0 aliphatic carbocycles. The van der Waals surface area contributed by atoms with Gasteiger partial charge in [0, 0.05) is 10.6 Å². The Labute approximate surface area is 151 Å². The maximum absolute atomic E-state index is 12.4. The third kappa shape index (κ3) is 5.00. The zero-order valence-electron chi connectivity index (χ0n) is 14.7. The lowest BCUT2D eigenvalue weighted by Gasteiger charge is -2.15. The smallest absolute Gasteiger partial charge is 0.342 e. The molecule has 0 fully saturated rings. The van der Waals surface area contributed by atoms with E-state index in [1.807, 2.05) is 31.4 Å². The Hall–Kier alpha value is -2.47. The fourth-order valence-corrected chi connectivity index (χ4v) is 2.64. The van der Waals surface area contributed by atoms with Crippen LogP contribution in [0.25, 0.3) is 0 Å². The summed E-state index contributed by atoms with van der Waals surface area (Å²) in [4.78, 5) is 25.5. The summed E-state index contributed by atoms with van der Waals surface area (Å²) in [5.74, 6) is -0.571. The molecule has 1 atom stereocenters. The summed E-state index contributed by atoms with van der Waals surface area (Å²) in [6, 6.07) is 12.6. The normalized spacial score (nSPS) is 11.5. The zero-order chi connectivity index (χ0) is 18.4. The monoisotopic (exact) mass is 359 g/mol. The van der Waals surface area contributed by atoms with Crippen LogP contribution in [0.3, 0.4) is 0 Å². The van der Waals surface area contributed by atoms with Crippen LogP contribution in [0.1, 0.15) is 22.8 Å². The van der Waals surface area contributed by atoms with Gasteiger partial charge in [-0.15, -0.1) is 11.8 Å². The lowest BCUT2D eigenvalue weighted by molar-refractivity contribution is -0.123. The van der Waals surface area contributed by atoms with Gasteiger partial charge in [0.2, 0.25) is 0 Å². The number of amides is 1. The number of ether oxygens (including phenoxy) is 2. The van der Waals surface area contributed by atoms with Gasteiger partial charge in [-0.1, -0.05) is 12.1 Å². The molecule has 6 heteroatoms. The fraction of sp³-hybridized carbons (Fsp3) is 0.263. The first-order valence-corrected chi connectivity index (χ1v) is 8.97. The number of rotatable bonds is 6. The molecule has 0 unspecified atom stereocenters. The predicted molar refractivity (Wildman–Crippen MR) is 99.5 cm³/mol. The molecule has 0 spiro atoms. The highest BCUT2D eigenvalue weighted by molar-refractivity contribution is 7.98. The van der Waals surface area contributed by atoms with Crippen LogP contribution < -0.4 is 10.1 Å². The Bertz CT molecular complexity index is 776. The van der Waals surface area contributed by atoms with E-state index < -0.39 is 18.0 Å². The standard InChI is InChI=1S/C19H21NO4S/c1-12-6-5-7-14(10-12)20-18(21)13(2)24-19(22)16-9-8-15(25-4)11-17(16)23-3/h5-11,13H,1-4H3,(H,20,21)/t13-/m0/s1. The van der Waals surface area contributed by atoms with E-state index in [1.54, 1.807) is 36.0 Å². The van der Waals surface area contributed by atoms with Crippen LogP contribution in [0.15, 0.2) is 47.4 Å². The van der Waals surface area contributed by atoms with Gasteiger partial charge in [0.15, 0.2) is 6.10 Å². The molecule has 132 valence electrons. The highest BCUT2D eigenvalue weighted by Crippen LogP contribution is 2.26. The number of carbonyl (C=O) groups excluding carboxylic acids is 2. The fourth-order valence-electron chi connectivity index (χ4n) is 2.21. The second kappa shape index (κ2) is 8.58. The highest BCUT2D eigenvalue weighted by Gasteiger charge is 2.21. The van der Waals surface area contributed by atoms with Gasteiger partial charge >= 0.3 is 5.97 Å². The predicted octanol–water partition coefficient (Wildman–Crippen LogP) is 3.91. The van der Waals surface area contributed by atoms with Crippen LogP contribution in [-0.2, 0) is 9.53 Å². The first-order chi connectivity index (χ1) is 11.9. The Morgan fingerprint density at radius 3 is 2.56 bits per heavy atom. The van der Waals surface area contributed by atoms with Crippen molar-refractivity contribution in [3.63, 3.8) is 0 Å². The Morgan fingerprint density at radius 2 is 1.92 bits per heavy atom. The minimum Gasteiger partial charge on any atom is -0.496 e. The second-order valence-electron chi connectivity index (χ2n) is 5.47. The van der Waals surface area contributed by atoms with Crippen LogP contribution in [0.5, 0.6) is 5.75 Å². The quantitative estimate of drug-likeness (QED) is 0.626. The molecule has 25 heavy (non-hydrogen) atoms. The number of anilines is 1. The topological polar surface area (TPSA) is 64.6 Å². The number of nitrogens with one attached hydrogen (secondary N) is 1. The number of hydrogen-bond acceptors (Lipinski definition) is 5. The van der Waals surface area contributed by atoms with E-state index in [9.17, 15) is 9.59 Å². The van der Waals surface area contributed by atoms with Crippen LogP contribution >= 0.6 is 11.8 Å². The molecule has 0 aliphatic heterocycles. The summed E-state index contributed by atoms with van der Waals surface area (Å²) < 4.78 is 10.5. The van der Waals surface area contributed by atoms with Gasteiger partial charge in [-0.3, -0.25) is 4.79 Å². The van der Waals surface area contributed by atoms with Crippen molar-refractivity contribution in [2.75, 3.05) is 18.7 Å². The van der Waals surface area contributed by atoms with Crippen LogP contribution in [-0.4, -0.2) is 31.3 Å². The van der Waals surface area contributed by atoms with Crippen molar-refractivity contribution in [2.24, 2.45) is 0 Å². The van der Waals surface area contributed by atoms with E-state index >= 15 is 0 Å². The van der Waals surface area contributed by atoms with Crippen LogP contribution in [0.2, 0.25) is 0 Å². The highest BCUT2D eigenvalue weighted by atomic mass is 32.2. The molecule has 2 rings (SSSR count). The Balaban J connectivity index is 2.05. The van der Waals surface area contributed by atoms with E-state index in [0.29, 0.717) is 11.4 Å². The molecule has 0 saturated heterocycles. The van der Waals surface area contributed by atoms with E-state index in [4.69, 9.17) is 9.47 Å². The Morgan fingerprint density at radius 1 is 1.16 bits per heavy atom. The molecule has 0 heterocycles. The number of methoxy groups -OCH3 is 1. The minimum atomic E-state index is -0.932. The summed E-state index contributed by atoms with van der Waals surface area (Å²) in [5, 5.41) is 2.74. The molecule has 5 nitrogen and oxygen atoms in total. The van der Waals surface area contributed by atoms with Crippen LogP contribution in [0.4, 0.5) is 5.69 Å². The number of aryl methyl sites for hydroxylation is 1. The lowest BCUT2D eigenvalue weighted by Crippen LogP contribution is -2.30. The molecule has 0 radical (unpaired) electrons. The summed E-state index contributed by atoms with van der Waals surface area (Å²) >= 11 is 1.54. The molecule has 0 saturated carbocycles. The third-order valence-electron chi connectivity index (χ3n) is 3.57. The number of benzene rings is 2. The molecular formula is C19H21NO4S. The van der Waals surface area contributed by atoms with Crippen molar-refractivity contribution >= 4 is 29.3 Å². The van der Waals surface area contributed by atoms with Gasteiger partial charge in [0.1, 0.15) is 11.3 Å². The van der Waals surface area contributed by atoms with Gasteiger partial charge in [-0.25, -0.2) is 4.79 Å². The largest absolute Gasteiger partial charge is 0.496 e. The average molecular weight is 359 g/mol. The number of carbonyl (C=O) groups is 2. The lowest BCUT2D eigenvalue weighted by atomic mass is 10.2. The van der Waals surface area contributed by atoms with Crippen molar-refractivity contribution in [1.82, 2.24) is 0 Å². The molecule has 0 aliphatic rings. The molecule has 2 aromatic carbocycles. The second-order valence-corrected chi connectivity index (χ2v) is 6.35. The van der Waals surface area contributed by atoms with Gasteiger partial charge < -0.3 is 14.8 Å². The van der Waals surface area contributed by atoms with Gasteiger partial charge in [0.25, 0.3) is 5.91 Å². The molecular weight excluding hydrogens is 338 g/mol. The summed E-state index contributed by atoms with van der Waals surface area (Å²) in [5.41, 5.74) is 1.98. The summed E-state index contributed by atoms with van der Waals surface area (Å²) in [7, 11) is 1.49. The maximum Gasteiger partial charge on any atom is 0.342 e. The van der Waals surface area contributed by atoms with Crippen molar-refractivity contribution < 1.29 is 19.1 Å². The number of esters is 1. The van der Waals surface area contributed by atoms with Crippen LogP contribution in [0, 0.1) is 6.92 Å². The summed E-state index contributed by atoms with van der Waals surface area (Å²) in [6.07, 6.45) is 1.00. The van der Waals surface area contributed by atoms with Gasteiger partial charge in [0.05, 0.1) is 7.11 Å².